The molecular weight excluding hydrogens is 382 g/mol. The Morgan fingerprint density at radius 2 is 1.93 bits per heavy atom. The van der Waals surface area contributed by atoms with Gasteiger partial charge in [0.15, 0.2) is 5.16 Å². The van der Waals surface area contributed by atoms with Crippen LogP contribution in [0, 0.1) is 6.92 Å². The van der Waals surface area contributed by atoms with Gasteiger partial charge < -0.3 is 9.09 Å². The second-order valence-electron chi connectivity index (χ2n) is 5.91. The lowest BCUT2D eigenvalue weighted by atomic mass is 10.2. The summed E-state index contributed by atoms with van der Waals surface area (Å²) in [6.07, 6.45) is 0. The molecule has 136 valence electrons. The van der Waals surface area contributed by atoms with Crippen molar-refractivity contribution >= 4 is 23.4 Å². The van der Waals surface area contributed by atoms with Gasteiger partial charge in [0.1, 0.15) is 5.82 Å². The van der Waals surface area contributed by atoms with Crippen molar-refractivity contribution < 1.29 is 4.52 Å². The van der Waals surface area contributed by atoms with E-state index in [1.54, 1.807) is 0 Å². The molecule has 0 bridgehead atoms. The van der Waals surface area contributed by atoms with Crippen LogP contribution in [0.25, 0.3) is 11.4 Å². The maximum Gasteiger partial charge on any atom is 0.237 e. The van der Waals surface area contributed by atoms with Crippen LogP contribution in [-0.4, -0.2) is 24.9 Å². The number of rotatable bonds is 6. The van der Waals surface area contributed by atoms with Gasteiger partial charge in [-0.2, -0.15) is 4.98 Å². The largest absolute Gasteiger partial charge is 0.338 e. The number of nitrogens with zero attached hydrogens (tertiary/aromatic N) is 5. The van der Waals surface area contributed by atoms with E-state index >= 15 is 0 Å². The van der Waals surface area contributed by atoms with E-state index < -0.39 is 0 Å². The van der Waals surface area contributed by atoms with E-state index in [4.69, 9.17) is 16.1 Å². The summed E-state index contributed by atoms with van der Waals surface area (Å²) in [5.41, 5.74) is 2.02. The molecule has 0 saturated carbocycles. The summed E-state index contributed by atoms with van der Waals surface area (Å²) in [7, 11) is 0. The van der Waals surface area contributed by atoms with Crippen LogP contribution in [0.1, 0.15) is 17.3 Å². The lowest BCUT2D eigenvalue weighted by molar-refractivity contribution is 0.391. The van der Waals surface area contributed by atoms with Crippen molar-refractivity contribution in [2.75, 3.05) is 0 Å². The third-order valence-corrected chi connectivity index (χ3v) is 5.15. The predicted octanol–water partition coefficient (Wildman–Crippen LogP) is 4.63. The van der Waals surface area contributed by atoms with Gasteiger partial charge in [0.05, 0.1) is 12.3 Å². The maximum atomic E-state index is 6.02. The highest BCUT2D eigenvalue weighted by Crippen LogP contribution is 2.24. The molecule has 0 fully saturated rings. The fourth-order valence-corrected chi connectivity index (χ4v) is 3.61. The van der Waals surface area contributed by atoms with Crippen molar-refractivity contribution in [2.45, 2.75) is 24.4 Å². The molecule has 0 atom stereocenters. The Hall–Kier alpha value is -2.64. The molecule has 2 aromatic carbocycles. The van der Waals surface area contributed by atoms with E-state index in [9.17, 15) is 0 Å². The van der Waals surface area contributed by atoms with Crippen LogP contribution in [0.4, 0.5) is 0 Å². The van der Waals surface area contributed by atoms with E-state index in [1.807, 2.05) is 49.4 Å². The molecule has 0 N–H and O–H groups in total. The average molecular weight is 398 g/mol. The van der Waals surface area contributed by atoms with Gasteiger partial charge in [-0.3, -0.25) is 0 Å². The first-order chi connectivity index (χ1) is 13.2. The van der Waals surface area contributed by atoms with Gasteiger partial charge in [0.25, 0.3) is 0 Å². The van der Waals surface area contributed by atoms with Crippen LogP contribution in [0.5, 0.6) is 0 Å². The normalized spacial score (nSPS) is 11.0. The Morgan fingerprint density at radius 1 is 1.07 bits per heavy atom. The summed E-state index contributed by atoms with van der Waals surface area (Å²) in [5.74, 6) is 2.43. The number of aryl methyl sites for hydroxylation is 1. The van der Waals surface area contributed by atoms with E-state index in [0.717, 1.165) is 23.1 Å². The van der Waals surface area contributed by atoms with Crippen molar-refractivity contribution in [3.8, 4) is 11.4 Å². The van der Waals surface area contributed by atoms with Gasteiger partial charge in [-0.1, -0.05) is 71.0 Å². The number of benzene rings is 2. The molecule has 2 heterocycles. The fourth-order valence-electron chi connectivity index (χ4n) is 2.60. The molecule has 0 aliphatic carbocycles. The van der Waals surface area contributed by atoms with Gasteiger partial charge in [-0.25, -0.2) is 0 Å². The Morgan fingerprint density at radius 3 is 2.74 bits per heavy atom. The Labute approximate surface area is 165 Å². The van der Waals surface area contributed by atoms with Crippen LogP contribution in [-0.2, 0) is 12.3 Å². The Bertz CT molecular complexity index is 1050. The Kier molecular flexibility index (Phi) is 5.22. The van der Waals surface area contributed by atoms with E-state index in [-0.39, 0.29) is 0 Å². The summed E-state index contributed by atoms with van der Waals surface area (Å²) in [6.45, 7) is 2.67. The van der Waals surface area contributed by atoms with Crippen LogP contribution < -0.4 is 0 Å². The first-order valence-corrected chi connectivity index (χ1v) is 9.70. The number of hydrogen-bond acceptors (Lipinski definition) is 6. The lowest BCUT2D eigenvalue weighted by Gasteiger charge is -2.07. The summed E-state index contributed by atoms with van der Waals surface area (Å²) in [4.78, 5) is 4.44. The molecule has 27 heavy (non-hydrogen) atoms. The quantitative estimate of drug-likeness (QED) is 0.442. The van der Waals surface area contributed by atoms with Gasteiger partial charge >= 0.3 is 0 Å². The Balaban J connectivity index is 1.47. The summed E-state index contributed by atoms with van der Waals surface area (Å²) in [5, 5.41) is 14.0. The number of hydrogen-bond donors (Lipinski definition) is 0. The first kappa shape index (κ1) is 17.8. The molecule has 0 radical (unpaired) electrons. The summed E-state index contributed by atoms with van der Waals surface area (Å²) >= 11 is 7.54. The smallest absolute Gasteiger partial charge is 0.237 e. The molecule has 0 saturated heterocycles. The average Bonchev–Trinajstić information content (AvgIpc) is 3.29. The molecular formula is C19H16ClN5OS. The monoisotopic (exact) mass is 397 g/mol. The highest BCUT2D eigenvalue weighted by molar-refractivity contribution is 7.98. The number of halogens is 1. The van der Waals surface area contributed by atoms with Crippen LogP contribution in [0.3, 0.4) is 0 Å². The standard InChI is InChI=1S/C19H16ClN5OS/c1-13-22-23-19(25(13)11-14-6-3-2-4-7-14)27-12-17-21-18(24-26-17)15-8-5-9-16(20)10-15/h2-10H,11-12H2,1H3. The van der Waals surface area contributed by atoms with Crippen molar-refractivity contribution in [3.63, 3.8) is 0 Å². The van der Waals surface area contributed by atoms with Crippen LogP contribution >= 0.6 is 23.4 Å². The first-order valence-electron chi connectivity index (χ1n) is 8.34. The zero-order chi connectivity index (χ0) is 18.6. The van der Waals surface area contributed by atoms with Gasteiger partial charge in [0.2, 0.25) is 11.7 Å². The fraction of sp³-hybridized carbons (Fsp3) is 0.158. The zero-order valence-corrected chi connectivity index (χ0v) is 16.1. The molecule has 4 rings (SSSR count). The van der Waals surface area contributed by atoms with Crippen molar-refractivity contribution in [1.29, 1.82) is 0 Å². The minimum absolute atomic E-state index is 0.514. The van der Waals surface area contributed by atoms with E-state index in [0.29, 0.717) is 22.5 Å². The van der Waals surface area contributed by atoms with E-state index in [2.05, 4.69) is 37.0 Å². The van der Waals surface area contributed by atoms with Crippen molar-refractivity contribution in [3.05, 3.63) is 76.9 Å². The maximum absolute atomic E-state index is 6.02. The second kappa shape index (κ2) is 7.94. The molecule has 6 nitrogen and oxygen atoms in total. The zero-order valence-electron chi connectivity index (χ0n) is 14.5. The predicted molar refractivity (Wildman–Crippen MR) is 105 cm³/mol. The van der Waals surface area contributed by atoms with E-state index in [1.165, 1.54) is 17.3 Å². The highest BCUT2D eigenvalue weighted by Gasteiger charge is 2.14. The SMILES string of the molecule is Cc1nnc(SCc2nc(-c3cccc(Cl)c3)no2)n1Cc1ccccc1. The highest BCUT2D eigenvalue weighted by atomic mass is 35.5. The molecule has 0 spiro atoms. The molecule has 4 aromatic rings. The number of aromatic nitrogens is 5. The molecule has 0 aliphatic heterocycles. The van der Waals surface area contributed by atoms with Crippen LogP contribution in [0.15, 0.2) is 64.3 Å². The van der Waals surface area contributed by atoms with Gasteiger partial charge in [-0.15, -0.1) is 10.2 Å². The van der Waals surface area contributed by atoms with Crippen molar-refractivity contribution in [1.82, 2.24) is 24.9 Å². The summed E-state index contributed by atoms with van der Waals surface area (Å²) in [6, 6.07) is 17.6. The molecule has 0 unspecified atom stereocenters. The third kappa shape index (κ3) is 4.20. The molecule has 0 amide bonds. The summed E-state index contributed by atoms with van der Waals surface area (Å²) < 4.78 is 7.44. The topological polar surface area (TPSA) is 69.6 Å². The second-order valence-corrected chi connectivity index (χ2v) is 7.29. The molecule has 8 heteroatoms. The van der Waals surface area contributed by atoms with Crippen LogP contribution in [0.2, 0.25) is 5.02 Å². The number of thioether (sulfide) groups is 1. The lowest BCUT2D eigenvalue weighted by Crippen LogP contribution is -2.03. The van der Waals surface area contributed by atoms with Gasteiger partial charge in [-0.05, 0) is 24.6 Å². The van der Waals surface area contributed by atoms with Gasteiger partial charge in [0, 0.05) is 10.6 Å². The minimum Gasteiger partial charge on any atom is -0.338 e. The minimum atomic E-state index is 0.514. The molecule has 0 aliphatic rings. The van der Waals surface area contributed by atoms with Crippen molar-refractivity contribution in [2.24, 2.45) is 0 Å². The molecule has 2 aromatic heterocycles. The third-order valence-electron chi connectivity index (χ3n) is 3.96.